The Morgan fingerprint density at radius 3 is 0.836 bits per heavy atom. The SMILES string of the molecule is CC(=O)OC[C@H]1O[C@H](OC[C@H]2O[C@H](OC[C@H]3O[C@@H](OC(C)C)[C@H](OC(C)=O)[C@@H](OC(C)=O)[C@@H]3OC(C)=O)[C@H](OC(C)=O)[C@@H](OC(C)=O)[C@H]2OC(C)=O)[C@H](OC(C)=O)[C@@H](OC(C)=O)[C@H]1OC(C)=O. The first kappa shape index (κ1) is 55.8. The molecule has 3 aliphatic heterocycles. The zero-order valence-electron chi connectivity index (χ0n) is 39.0. The first-order valence-electron chi connectivity index (χ1n) is 20.8. The van der Waals surface area contributed by atoms with Crippen LogP contribution in [0.2, 0.25) is 0 Å². The number of carbonyl (C=O) groups excluding carboxylic acids is 10. The second kappa shape index (κ2) is 25.6. The maximum Gasteiger partial charge on any atom is 0.303 e. The lowest BCUT2D eigenvalue weighted by molar-refractivity contribution is -0.346. The van der Waals surface area contributed by atoms with Gasteiger partial charge in [0.2, 0.25) is 0 Å². The van der Waals surface area contributed by atoms with Crippen LogP contribution in [0.1, 0.15) is 83.1 Å². The summed E-state index contributed by atoms with van der Waals surface area (Å²) in [6, 6.07) is 0. The van der Waals surface area contributed by atoms with Gasteiger partial charge in [0, 0.05) is 69.2 Å². The standard InChI is InChI=1S/C41H58O26/c1-16(2)55-41-38(64-26(12)51)35(61-23(9)48)32(58-20(6)45)29(67-41)15-54-40-37(63-25(11)50)34(60-22(8)47)31(57-19(5)44)28(66-40)14-53-39-36(62-24(10)49)33(59-21(7)46)30(56-18(4)43)27(65-39)13-52-17(3)42/h16,27-41H,13-15H2,1-12H3/t27-,28-,29-,30+,31+,32-,33+,34+,35+,36-,37-,38-,39+,40+,41-/m1/s1. The van der Waals surface area contributed by atoms with E-state index in [-0.39, 0.29) is 0 Å². The van der Waals surface area contributed by atoms with Gasteiger partial charge < -0.3 is 75.8 Å². The molecular formula is C41H58O26. The van der Waals surface area contributed by atoms with E-state index in [1.165, 1.54) is 0 Å². The van der Waals surface area contributed by atoms with Gasteiger partial charge in [0.05, 0.1) is 19.3 Å². The summed E-state index contributed by atoms with van der Waals surface area (Å²) in [5, 5.41) is 0. The van der Waals surface area contributed by atoms with Crippen LogP contribution < -0.4 is 0 Å². The number of hydrogen-bond donors (Lipinski definition) is 0. The van der Waals surface area contributed by atoms with Crippen LogP contribution in [0.3, 0.4) is 0 Å². The number of ether oxygens (including phenoxy) is 16. The average Bonchev–Trinajstić information content (AvgIpc) is 3.17. The maximum absolute atomic E-state index is 12.7. The Morgan fingerprint density at radius 1 is 0.328 bits per heavy atom. The van der Waals surface area contributed by atoms with E-state index in [1.54, 1.807) is 13.8 Å². The van der Waals surface area contributed by atoms with Crippen LogP contribution in [-0.4, -0.2) is 178 Å². The Morgan fingerprint density at radius 2 is 0.567 bits per heavy atom. The summed E-state index contributed by atoms with van der Waals surface area (Å²) in [5.74, 6) is -9.08. The molecule has 0 bridgehead atoms. The molecule has 0 saturated carbocycles. The molecule has 378 valence electrons. The van der Waals surface area contributed by atoms with Gasteiger partial charge in [-0.05, 0) is 13.8 Å². The van der Waals surface area contributed by atoms with Crippen molar-refractivity contribution in [1.29, 1.82) is 0 Å². The highest BCUT2D eigenvalue weighted by molar-refractivity contribution is 5.70. The first-order chi connectivity index (χ1) is 31.3. The van der Waals surface area contributed by atoms with Gasteiger partial charge in [-0.15, -0.1) is 0 Å². The molecule has 0 amide bonds. The highest BCUT2D eigenvalue weighted by Gasteiger charge is 2.57. The maximum atomic E-state index is 12.7. The number of hydrogen-bond acceptors (Lipinski definition) is 26. The summed E-state index contributed by atoms with van der Waals surface area (Å²) in [5.41, 5.74) is 0. The molecular weight excluding hydrogens is 908 g/mol. The zero-order valence-corrected chi connectivity index (χ0v) is 39.0. The predicted octanol–water partition coefficient (Wildman–Crippen LogP) is -0.432. The smallest absolute Gasteiger partial charge is 0.303 e. The van der Waals surface area contributed by atoms with Crippen molar-refractivity contribution in [3.8, 4) is 0 Å². The van der Waals surface area contributed by atoms with Crippen molar-refractivity contribution in [2.24, 2.45) is 0 Å². The van der Waals surface area contributed by atoms with Gasteiger partial charge in [0.1, 0.15) is 24.9 Å². The normalized spacial score (nSPS) is 31.4. The lowest BCUT2D eigenvalue weighted by Crippen LogP contribution is -2.66. The zero-order chi connectivity index (χ0) is 50.4. The fraction of sp³-hybridized carbons (Fsp3) is 0.756. The van der Waals surface area contributed by atoms with Crippen LogP contribution in [0.15, 0.2) is 0 Å². The van der Waals surface area contributed by atoms with Crippen LogP contribution in [-0.2, 0) is 124 Å². The van der Waals surface area contributed by atoms with Gasteiger partial charge in [0.25, 0.3) is 0 Å². The van der Waals surface area contributed by atoms with Crippen molar-refractivity contribution in [2.45, 2.75) is 181 Å². The van der Waals surface area contributed by atoms with E-state index in [4.69, 9.17) is 75.8 Å². The van der Waals surface area contributed by atoms with Gasteiger partial charge in [0.15, 0.2) is 73.8 Å². The number of carbonyl (C=O) groups is 10. The lowest BCUT2D eigenvalue weighted by Gasteiger charge is -2.47. The molecule has 3 aliphatic rings. The Balaban J connectivity index is 2.15. The van der Waals surface area contributed by atoms with Crippen LogP contribution in [0.5, 0.6) is 0 Å². The van der Waals surface area contributed by atoms with Crippen LogP contribution >= 0.6 is 0 Å². The van der Waals surface area contributed by atoms with E-state index in [0.717, 1.165) is 69.2 Å². The molecule has 0 unspecified atom stereocenters. The van der Waals surface area contributed by atoms with Crippen LogP contribution in [0.25, 0.3) is 0 Å². The van der Waals surface area contributed by atoms with Crippen molar-refractivity contribution >= 4 is 59.7 Å². The second-order valence-corrected chi connectivity index (χ2v) is 15.4. The Labute approximate surface area is 384 Å². The van der Waals surface area contributed by atoms with E-state index < -0.39 is 178 Å². The molecule has 0 aliphatic carbocycles. The summed E-state index contributed by atoms with van der Waals surface area (Å²) >= 11 is 0. The molecule has 0 radical (unpaired) electrons. The Kier molecular flexibility index (Phi) is 21.3. The fourth-order valence-electron chi connectivity index (χ4n) is 7.19. The summed E-state index contributed by atoms with van der Waals surface area (Å²) < 4.78 is 91.1. The minimum absolute atomic E-state index is 0.589. The molecule has 3 saturated heterocycles. The van der Waals surface area contributed by atoms with Crippen molar-refractivity contribution in [1.82, 2.24) is 0 Å². The number of esters is 10. The Hall–Kier alpha value is -5.54. The third-order valence-corrected chi connectivity index (χ3v) is 9.20. The third-order valence-electron chi connectivity index (χ3n) is 9.20. The van der Waals surface area contributed by atoms with Gasteiger partial charge in [-0.1, -0.05) is 0 Å². The molecule has 3 fully saturated rings. The van der Waals surface area contributed by atoms with Gasteiger partial charge in [-0.3, -0.25) is 47.9 Å². The average molecular weight is 967 g/mol. The molecule has 3 rings (SSSR count). The third kappa shape index (κ3) is 17.2. The van der Waals surface area contributed by atoms with E-state index >= 15 is 0 Å². The Bertz CT molecular complexity index is 1800. The molecule has 0 aromatic carbocycles. The summed E-state index contributed by atoms with van der Waals surface area (Å²) in [6.07, 6.45) is -25.0. The monoisotopic (exact) mass is 966 g/mol. The topological polar surface area (TPSA) is 318 Å². The fourth-order valence-corrected chi connectivity index (χ4v) is 7.19. The minimum atomic E-state index is -1.84. The minimum Gasteiger partial charge on any atom is -0.463 e. The molecule has 0 spiro atoms. The lowest BCUT2D eigenvalue weighted by atomic mass is 9.96. The van der Waals surface area contributed by atoms with E-state index in [9.17, 15) is 47.9 Å². The quantitative estimate of drug-likeness (QED) is 0.117. The van der Waals surface area contributed by atoms with Crippen molar-refractivity contribution in [3.63, 3.8) is 0 Å². The van der Waals surface area contributed by atoms with Crippen LogP contribution in [0.4, 0.5) is 0 Å². The highest BCUT2D eigenvalue weighted by Crippen LogP contribution is 2.35. The molecule has 15 atom stereocenters. The van der Waals surface area contributed by atoms with Crippen molar-refractivity contribution in [3.05, 3.63) is 0 Å². The van der Waals surface area contributed by atoms with E-state index in [1.807, 2.05) is 0 Å². The summed E-state index contributed by atoms with van der Waals surface area (Å²) in [6.45, 7) is 11.4. The first-order valence-corrected chi connectivity index (χ1v) is 20.8. The molecule has 26 heteroatoms. The molecule has 3 heterocycles. The van der Waals surface area contributed by atoms with Gasteiger partial charge >= 0.3 is 59.7 Å². The van der Waals surface area contributed by atoms with Crippen molar-refractivity contribution < 1.29 is 124 Å². The largest absolute Gasteiger partial charge is 0.463 e. The molecule has 26 nitrogen and oxygen atoms in total. The number of rotatable bonds is 19. The summed E-state index contributed by atoms with van der Waals surface area (Å²) in [4.78, 5) is 124. The van der Waals surface area contributed by atoms with E-state index in [2.05, 4.69) is 0 Å². The highest BCUT2D eigenvalue weighted by atomic mass is 16.8. The van der Waals surface area contributed by atoms with E-state index in [0.29, 0.717) is 0 Å². The molecule has 0 aromatic rings. The predicted molar refractivity (Wildman–Crippen MR) is 211 cm³/mol. The van der Waals surface area contributed by atoms with Gasteiger partial charge in [-0.25, -0.2) is 0 Å². The second-order valence-electron chi connectivity index (χ2n) is 15.4. The summed E-state index contributed by atoms with van der Waals surface area (Å²) in [7, 11) is 0. The van der Waals surface area contributed by atoms with Gasteiger partial charge in [-0.2, -0.15) is 0 Å². The molecule has 0 aromatic heterocycles. The molecule has 0 N–H and O–H groups in total. The molecule has 67 heavy (non-hydrogen) atoms. The van der Waals surface area contributed by atoms with Crippen LogP contribution in [0, 0.1) is 0 Å². The van der Waals surface area contributed by atoms with Crippen molar-refractivity contribution in [2.75, 3.05) is 19.8 Å².